The van der Waals surface area contributed by atoms with Crippen LogP contribution in [0.2, 0.25) is 0 Å². The summed E-state index contributed by atoms with van der Waals surface area (Å²) < 4.78 is 0.829. The Morgan fingerprint density at radius 2 is 2.23 bits per heavy atom. The van der Waals surface area contributed by atoms with Crippen molar-refractivity contribution >= 4 is 21.8 Å². The molecular formula is C9H7BrN2O. The monoisotopic (exact) mass is 238 g/mol. The number of hydrogen-bond acceptors (Lipinski definition) is 2. The van der Waals surface area contributed by atoms with Gasteiger partial charge in [0.2, 0.25) is 0 Å². The molecule has 0 fully saturated rings. The Kier molecular flexibility index (Phi) is 3.04. The molecule has 0 spiro atoms. The van der Waals surface area contributed by atoms with Gasteiger partial charge in [-0.25, -0.2) is 0 Å². The van der Waals surface area contributed by atoms with Gasteiger partial charge in [0, 0.05) is 10.0 Å². The lowest BCUT2D eigenvalue weighted by Gasteiger charge is -2.00. The number of aryl methyl sites for hydroxylation is 1. The van der Waals surface area contributed by atoms with Crippen LogP contribution in [0.5, 0.6) is 0 Å². The highest BCUT2D eigenvalue weighted by molar-refractivity contribution is 9.10. The topological polar surface area (TPSA) is 52.9 Å². The summed E-state index contributed by atoms with van der Waals surface area (Å²) in [7, 11) is 0. The fourth-order valence-corrected chi connectivity index (χ4v) is 1.60. The Labute approximate surface area is 84.5 Å². The highest BCUT2D eigenvalue weighted by Gasteiger charge is 2.05. The lowest BCUT2D eigenvalue weighted by atomic mass is 10.1. The van der Waals surface area contributed by atoms with E-state index in [1.54, 1.807) is 18.3 Å². The van der Waals surface area contributed by atoms with Crippen LogP contribution in [0.15, 0.2) is 22.7 Å². The summed E-state index contributed by atoms with van der Waals surface area (Å²) in [5.74, 6) is -0.383. The molecule has 0 saturated heterocycles. The van der Waals surface area contributed by atoms with Crippen LogP contribution in [0.4, 0.5) is 0 Å². The first-order valence-electron chi connectivity index (χ1n) is 3.60. The molecule has 3 nitrogen and oxygen atoms in total. The molecule has 13 heavy (non-hydrogen) atoms. The second-order valence-electron chi connectivity index (χ2n) is 2.58. The maximum Gasteiger partial charge on any atom is 0.264 e. The minimum absolute atomic E-state index is 0.383. The molecule has 0 aliphatic rings. The van der Waals surface area contributed by atoms with Crippen molar-refractivity contribution < 1.29 is 4.79 Å². The summed E-state index contributed by atoms with van der Waals surface area (Å²) in [6.07, 6.45) is 1.59. The van der Waals surface area contributed by atoms with E-state index in [2.05, 4.69) is 21.2 Å². The molecule has 1 rings (SSSR count). The maximum atomic E-state index is 11.2. The number of nitriles is 1. The van der Waals surface area contributed by atoms with Crippen LogP contribution in [0, 0.1) is 18.4 Å². The second-order valence-corrected chi connectivity index (χ2v) is 3.50. The number of nitrogens with one attached hydrogen (secondary N) is 1. The van der Waals surface area contributed by atoms with Crippen LogP contribution >= 0.6 is 15.9 Å². The molecule has 0 aliphatic heterocycles. The predicted octanol–water partition coefficient (Wildman–Crippen LogP) is 1.97. The molecule has 0 unspecified atom stereocenters. The number of halogens is 1. The average Bonchev–Trinajstić information content (AvgIpc) is 2.03. The zero-order valence-corrected chi connectivity index (χ0v) is 8.55. The zero-order valence-electron chi connectivity index (χ0n) is 6.97. The average molecular weight is 239 g/mol. The molecule has 0 atom stereocenters. The molecule has 0 heterocycles. The fraction of sp³-hybridized carbons (Fsp3) is 0.111. The first-order chi connectivity index (χ1) is 6.13. The summed E-state index contributed by atoms with van der Waals surface area (Å²) in [6.45, 7) is 1.88. The third-order valence-electron chi connectivity index (χ3n) is 1.47. The van der Waals surface area contributed by atoms with E-state index in [0.29, 0.717) is 5.56 Å². The summed E-state index contributed by atoms with van der Waals surface area (Å²) in [5, 5.41) is 10.3. The van der Waals surface area contributed by atoms with Gasteiger partial charge in [-0.05, 0) is 30.7 Å². The third kappa shape index (κ3) is 2.56. The Bertz CT molecular complexity index is 361. The smallest absolute Gasteiger partial charge is 0.264 e. The number of nitrogens with zero attached hydrogens (tertiary/aromatic N) is 1. The first-order valence-corrected chi connectivity index (χ1v) is 4.39. The number of carbonyl (C=O) groups excluding carboxylic acids is 1. The van der Waals surface area contributed by atoms with Crippen molar-refractivity contribution in [3.63, 3.8) is 0 Å². The van der Waals surface area contributed by atoms with Gasteiger partial charge in [-0.1, -0.05) is 15.9 Å². The van der Waals surface area contributed by atoms with Crippen LogP contribution in [0.25, 0.3) is 0 Å². The summed E-state index contributed by atoms with van der Waals surface area (Å²) in [5.41, 5.74) is 1.45. The number of amides is 1. The van der Waals surface area contributed by atoms with Gasteiger partial charge in [-0.15, -0.1) is 0 Å². The van der Waals surface area contributed by atoms with E-state index in [4.69, 9.17) is 5.26 Å². The van der Waals surface area contributed by atoms with Gasteiger partial charge < -0.3 is 0 Å². The number of hydrogen-bond donors (Lipinski definition) is 1. The fourth-order valence-electron chi connectivity index (χ4n) is 0.990. The highest BCUT2D eigenvalue weighted by atomic mass is 79.9. The van der Waals surface area contributed by atoms with Crippen molar-refractivity contribution in [2.24, 2.45) is 0 Å². The van der Waals surface area contributed by atoms with Gasteiger partial charge in [0.25, 0.3) is 5.91 Å². The van der Waals surface area contributed by atoms with E-state index in [9.17, 15) is 4.79 Å². The maximum absolute atomic E-state index is 11.2. The van der Waals surface area contributed by atoms with E-state index >= 15 is 0 Å². The van der Waals surface area contributed by atoms with Gasteiger partial charge in [0.1, 0.15) is 0 Å². The number of rotatable bonds is 1. The van der Waals surface area contributed by atoms with Crippen molar-refractivity contribution in [2.45, 2.75) is 6.92 Å². The quantitative estimate of drug-likeness (QED) is 0.601. The molecule has 0 bridgehead atoms. The van der Waals surface area contributed by atoms with Gasteiger partial charge in [-0.3, -0.25) is 10.1 Å². The van der Waals surface area contributed by atoms with E-state index in [1.165, 1.54) is 0 Å². The molecule has 66 valence electrons. The molecule has 1 aromatic rings. The van der Waals surface area contributed by atoms with Crippen LogP contribution < -0.4 is 5.32 Å². The van der Waals surface area contributed by atoms with Crippen molar-refractivity contribution in [3.05, 3.63) is 33.8 Å². The van der Waals surface area contributed by atoms with Gasteiger partial charge in [-0.2, -0.15) is 5.26 Å². The minimum atomic E-state index is -0.383. The van der Waals surface area contributed by atoms with Crippen LogP contribution in [-0.4, -0.2) is 5.91 Å². The predicted molar refractivity (Wildman–Crippen MR) is 52.0 cm³/mol. The normalized spacial score (nSPS) is 9.00. The van der Waals surface area contributed by atoms with Crippen LogP contribution in [0.3, 0.4) is 0 Å². The van der Waals surface area contributed by atoms with Crippen molar-refractivity contribution in [1.82, 2.24) is 5.32 Å². The third-order valence-corrected chi connectivity index (χ3v) is 1.93. The van der Waals surface area contributed by atoms with Crippen molar-refractivity contribution in [2.75, 3.05) is 0 Å². The Morgan fingerprint density at radius 1 is 1.54 bits per heavy atom. The van der Waals surface area contributed by atoms with E-state index in [0.717, 1.165) is 10.0 Å². The Hall–Kier alpha value is -1.34. The number of carbonyl (C=O) groups is 1. The molecule has 0 saturated carbocycles. The Morgan fingerprint density at radius 3 is 2.77 bits per heavy atom. The van der Waals surface area contributed by atoms with Crippen molar-refractivity contribution in [3.8, 4) is 6.19 Å². The van der Waals surface area contributed by atoms with E-state index in [-0.39, 0.29) is 5.91 Å². The van der Waals surface area contributed by atoms with Gasteiger partial charge in [0.05, 0.1) is 0 Å². The molecular weight excluding hydrogens is 232 g/mol. The summed E-state index contributed by atoms with van der Waals surface area (Å²) in [4.78, 5) is 11.2. The standard InChI is InChI=1S/C9H7BrN2O/c1-6-2-7(4-8(10)3-6)9(13)12-5-11/h2-4H,1H3,(H,12,13). The lowest BCUT2D eigenvalue weighted by molar-refractivity contribution is 0.0972. The van der Waals surface area contributed by atoms with Crippen LogP contribution in [0.1, 0.15) is 15.9 Å². The molecule has 4 heteroatoms. The van der Waals surface area contributed by atoms with E-state index < -0.39 is 0 Å². The van der Waals surface area contributed by atoms with Gasteiger partial charge >= 0.3 is 0 Å². The lowest BCUT2D eigenvalue weighted by Crippen LogP contribution is -2.17. The van der Waals surface area contributed by atoms with E-state index in [1.807, 2.05) is 13.0 Å². The first kappa shape index (κ1) is 9.75. The summed E-state index contributed by atoms with van der Waals surface area (Å²) >= 11 is 3.27. The van der Waals surface area contributed by atoms with Gasteiger partial charge in [0.15, 0.2) is 6.19 Å². The van der Waals surface area contributed by atoms with Crippen molar-refractivity contribution in [1.29, 1.82) is 5.26 Å². The molecule has 1 amide bonds. The van der Waals surface area contributed by atoms with Crippen LogP contribution in [-0.2, 0) is 0 Å². The molecule has 0 radical (unpaired) electrons. The minimum Gasteiger partial charge on any atom is -0.268 e. The molecule has 0 aliphatic carbocycles. The summed E-state index contributed by atoms with van der Waals surface area (Å²) in [6, 6.07) is 5.28. The SMILES string of the molecule is Cc1cc(Br)cc(C(=O)NC#N)c1. The number of benzene rings is 1. The molecule has 0 aromatic heterocycles. The molecule has 1 aromatic carbocycles. The Balaban J connectivity index is 3.02. The second kappa shape index (κ2) is 4.06. The largest absolute Gasteiger partial charge is 0.268 e. The highest BCUT2D eigenvalue weighted by Crippen LogP contribution is 2.14. The molecule has 1 N–H and O–H groups in total. The zero-order chi connectivity index (χ0) is 9.84.